The molecular formula is C19H23N3O4S3. The predicted octanol–water partition coefficient (Wildman–Crippen LogP) is 2.83. The van der Waals surface area contributed by atoms with Crippen LogP contribution in [0.3, 0.4) is 0 Å². The maximum atomic E-state index is 12.9. The Morgan fingerprint density at radius 2 is 2.00 bits per heavy atom. The van der Waals surface area contributed by atoms with Gasteiger partial charge in [-0.1, -0.05) is 6.07 Å². The molecule has 0 bridgehead atoms. The summed E-state index contributed by atoms with van der Waals surface area (Å²) in [6, 6.07) is 3.29. The van der Waals surface area contributed by atoms with Gasteiger partial charge in [-0.25, -0.2) is 8.42 Å². The van der Waals surface area contributed by atoms with Crippen LogP contribution in [0.25, 0.3) is 0 Å². The van der Waals surface area contributed by atoms with E-state index in [9.17, 15) is 18.0 Å². The number of primary amides is 1. The molecule has 3 N–H and O–H groups in total. The quantitative estimate of drug-likeness (QED) is 0.725. The number of aryl methyl sites for hydroxylation is 1. The van der Waals surface area contributed by atoms with Crippen molar-refractivity contribution in [2.24, 2.45) is 11.7 Å². The molecule has 4 rings (SSSR count). The van der Waals surface area contributed by atoms with Gasteiger partial charge in [0.25, 0.3) is 15.9 Å². The van der Waals surface area contributed by atoms with Gasteiger partial charge in [-0.05, 0) is 55.5 Å². The smallest absolute Gasteiger partial charge is 0.252 e. The van der Waals surface area contributed by atoms with Crippen molar-refractivity contribution in [2.45, 2.75) is 42.7 Å². The van der Waals surface area contributed by atoms with Gasteiger partial charge in [0.15, 0.2) is 0 Å². The minimum absolute atomic E-state index is 0.142. The molecule has 2 aromatic rings. The normalized spacial score (nSPS) is 20.2. The topological polar surface area (TPSA) is 110 Å². The Balaban J connectivity index is 1.52. The first kappa shape index (κ1) is 20.5. The highest BCUT2D eigenvalue weighted by Crippen LogP contribution is 2.38. The zero-order valence-corrected chi connectivity index (χ0v) is 18.3. The van der Waals surface area contributed by atoms with Crippen LogP contribution in [0.2, 0.25) is 0 Å². The summed E-state index contributed by atoms with van der Waals surface area (Å²) in [6.07, 6.45) is 5.00. The van der Waals surface area contributed by atoms with Crippen LogP contribution in [0, 0.1) is 5.92 Å². The van der Waals surface area contributed by atoms with Gasteiger partial charge < -0.3 is 11.1 Å². The lowest BCUT2D eigenvalue weighted by Gasteiger charge is -2.30. The lowest BCUT2D eigenvalue weighted by molar-refractivity contribution is -0.120. The fourth-order valence-electron chi connectivity index (χ4n) is 4.04. The number of nitrogens with one attached hydrogen (secondary N) is 1. The van der Waals surface area contributed by atoms with Crippen molar-refractivity contribution in [2.75, 3.05) is 18.4 Å². The van der Waals surface area contributed by atoms with Crippen LogP contribution < -0.4 is 11.1 Å². The molecule has 1 aliphatic heterocycles. The van der Waals surface area contributed by atoms with E-state index in [4.69, 9.17) is 5.73 Å². The molecule has 0 spiro atoms. The molecule has 1 atom stereocenters. The minimum atomic E-state index is -3.58. The fourth-order valence-corrected chi connectivity index (χ4v) is 8.01. The summed E-state index contributed by atoms with van der Waals surface area (Å²) in [5.41, 5.74) is 7.00. The molecule has 3 heterocycles. The van der Waals surface area contributed by atoms with Gasteiger partial charge in [0, 0.05) is 18.0 Å². The molecule has 0 saturated carbocycles. The van der Waals surface area contributed by atoms with Crippen molar-refractivity contribution in [3.05, 3.63) is 33.5 Å². The molecule has 0 radical (unpaired) electrons. The Kier molecular flexibility index (Phi) is 5.78. The molecule has 2 aliphatic rings. The van der Waals surface area contributed by atoms with Crippen LogP contribution in [0.1, 0.15) is 46.5 Å². The second-order valence-electron chi connectivity index (χ2n) is 7.40. The van der Waals surface area contributed by atoms with Crippen molar-refractivity contribution in [1.82, 2.24) is 4.31 Å². The highest BCUT2D eigenvalue weighted by molar-refractivity contribution is 7.91. The number of rotatable bonds is 5. The SMILES string of the molecule is NC(=O)c1c(NC(=O)C2CCCN(S(=O)(=O)c3cccs3)C2)sc2c1CCCC2. The molecule has 0 aromatic carbocycles. The number of hydrogen-bond acceptors (Lipinski definition) is 6. The van der Waals surface area contributed by atoms with E-state index in [0.717, 1.165) is 36.1 Å². The summed E-state index contributed by atoms with van der Waals surface area (Å²) in [6.45, 7) is 0.549. The van der Waals surface area contributed by atoms with Crippen LogP contribution in [0.5, 0.6) is 0 Å². The van der Waals surface area contributed by atoms with Crippen LogP contribution >= 0.6 is 22.7 Å². The summed E-state index contributed by atoms with van der Waals surface area (Å²) in [4.78, 5) is 26.1. The van der Waals surface area contributed by atoms with E-state index >= 15 is 0 Å². The summed E-state index contributed by atoms with van der Waals surface area (Å²) >= 11 is 2.60. The maximum Gasteiger partial charge on any atom is 0.252 e. The number of piperidine rings is 1. The summed E-state index contributed by atoms with van der Waals surface area (Å²) in [5, 5.41) is 5.12. The fraction of sp³-hybridized carbons (Fsp3) is 0.474. The Bertz CT molecular complexity index is 1030. The van der Waals surface area contributed by atoms with Crippen molar-refractivity contribution >= 4 is 49.5 Å². The lowest BCUT2D eigenvalue weighted by atomic mass is 9.95. The molecule has 2 aromatic heterocycles. The van der Waals surface area contributed by atoms with Gasteiger partial charge >= 0.3 is 0 Å². The van der Waals surface area contributed by atoms with E-state index in [2.05, 4.69) is 5.32 Å². The molecule has 10 heteroatoms. The molecule has 1 saturated heterocycles. The Hall–Kier alpha value is -1.75. The van der Waals surface area contributed by atoms with Gasteiger partial charge in [0.1, 0.15) is 9.21 Å². The Labute approximate surface area is 178 Å². The molecule has 2 amide bonds. The number of sulfonamides is 1. The standard InChI is InChI=1S/C19H23N3O4S3/c20-17(23)16-13-6-1-2-7-14(13)28-19(16)21-18(24)12-5-3-9-22(11-12)29(25,26)15-8-4-10-27-15/h4,8,10,12H,1-3,5-7,9,11H2,(H2,20,23)(H,21,24). The van der Waals surface area contributed by atoms with Crippen LogP contribution in [0.4, 0.5) is 5.00 Å². The molecule has 1 aliphatic carbocycles. The number of hydrogen-bond donors (Lipinski definition) is 2. The van der Waals surface area contributed by atoms with Crippen molar-refractivity contribution in [3.8, 4) is 0 Å². The second kappa shape index (κ2) is 8.17. The zero-order chi connectivity index (χ0) is 20.6. The molecule has 156 valence electrons. The molecular weight excluding hydrogens is 430 g/mol. The predicted molar refractivity (Wildman–Crippen MR) is 114 cm³/mol. The lowest BCUT2D eigenvalue weighted by Crippen LogP contribution is -2.43. The van der Waals surface area contributed by atoms with Crippen molar-refractivity contribution < 1.29 is 18.0 Å². The Morgan fingerprint density at radius 1 is 1.21 bits per heavy atom. The van der Waals surface area contributed by atoms with Crippen molar-refractivity contribution in [1.29, 1.82) is 0 Å². The van der Waals surface area contributed by atoms with Gasteiger partial charge in [0.05, 0.1) is 11.5 Å². The van der Waals surface area contributed by atoms with E-state index in [0.29, 0.717) is 34.2 Å². The van der Waals surface area contributed by atoms with E-state index in [1.165, 1.54) is 27.0 Å². The number of carbonyl (C=O) groups excluding carboxylic acids is 2. The molecule has 1 unspecified atom stereocenters. The number of thiophene rings is 2. The highest BCUT2D eigenvalue weighted by atomic mass is 32.2. The molecule has 29 heavy (non-hydrogen) atoms. The number of fused-ring (bicyclic) bond motifs is 1. The van der Waals surface area contributed by atoms with Crippen LogP contribution in [-0.2, 0) is 27.7 Å². The Morgan fingerprint density at radius 3 is 2.72 bits per heavy atom. The van der Waals surface area contributed by atoms with Crippen LogP contribution in [0.15, 0.2) is 21.7 Å². The average Bonchev–Trinajstić information content (AvgIpc) is 3.36. The highest BCUT2D eigenvalue weighted by Gasteiger charge is 2.34. The minimum Gasteiger partial charge on any atom is -0.365 e. The largest absolute Gasteiger partial charge is 0.365 e. The van der Waals surface area contributed by atoms with Gasteiger partial charge in [-0.15, -0.1) is 22.7 Å². The third-order valence-corrected chi connectivity index (χ3v) is 9.94. The van der Waals surface area contributed by atoms with Crippen molar-refractivity contribution in [3.63, 3.8) is 0 Å². The first-order chi connectivity index (χ1) is 13.9. The third-order valence-electron chi connectivity index (χ3n) is 5.50. The van der Waals surface area contributed by atoms with Gasteiger partial charge in [-0.3, -0.25) is 9.59 Å². The second-order valence-corrected chi connectivity index (χ2v) is 11.6. The van der Waals surface area contributed by atoms with Gasteiger partial charge in [0.2, 0.25) is 5.91 Å². The van der Waals surface area contributed by atoms with Gasteiger partial charge in [-0.2, -0.15) is 4.31 Å². The first-order valence-corrected chi connectivity index (χ1v) is 12.8. The average molecular weight is 454 g/mol. The summed E-state index contributed by atoms with van der Waals surface area (Å²) in [5.74, 6) is -1.24. The molecule has 1 fully saturated rings. The zero-order valence-electron chi connectivity index (χ0n) is 15.8. The maximum absolute atomic E-state index is 12.9. The number of nitrogens with zero attached hydrogens (tertiary/aromatic N) is 1. The number of carbonyl (C=O) groups is 2. The van der Waals surface area contributed by atoms with Crippen LogP contribution in [-0.4, -0.2) is 37.6 Å². The molecule has 7 nitrogen and oxygen atoms in total. The van der Waals surface area contributed by atoms with E-state index in [1.54, 1.807) is 17.5 Å². The van der Waals surface area contributed by atoms with E-state index < -0.39 is 21.8 Å². The number of anilines is 1. The first-order valence-electron chi connectivity index (χ1n) is 9.67. The number of nitrogens with two attached hydrogens (primary N) is 1. The number of amides is 2. The summed E-state index contributed by atoms with van der Waals surface area (Å²) < 4.78 is 27.3. The van der Waals surface area contributed by atoms with E-state index in [1.807, 2.05) is 0 Å². The summed E-state index contributed by atoms with van der Waals surface area (Å²) in [7, 11) is -3.58. The third kappa shape index (κ3) is 3.98. The van der Waals surface area contributed by atoms with E-state index in [-0.39, 0.29) is 12.5 Å². The monoisotopic (exact) mass is 453 g/mol.